The number of carbonyl (C=O) groups is 1. The van der Waals surface area contributed by atoms with Gasteiger partial charge in [0.2, 0.25) is 0 Å². The highest BCUT2D eigenvalue weighted by atomic mass is 16.5. The minimum Gasteiger partial charge on any atom is -0.464 e. The number of nitrogens with two attached hydrogens (primary N) is 1. The van der Waals surface area contributed by atoms with Gasteiger partial charge < -0.3 is 10.5 Å². The Bertz CT molecular complexity index is 370. The van der Waals surface area contributed by atoms with Crippen LogP contribution >= 0.6 is 0 Å². The van der Waals surface area contributed by atoms with Crippen molar-refractivity contribution in [2.75, 3.05) is 12.8 Å². The van der Waals surface area contributed by atoms with E-state index < -0.39 is 11.5 Å². The zero-order valence-corrected chi connectivity index (χ0v) is 7.27. The van der Waals surface area contributed by atoms with Crippen LogP contribution in [0.5, 0.6) is 0 Å². The molecule has 1 rings (SSSR count). The first-order chi connectivity index (χ1) is 6.06. The molecule has 1 heterocycles. The number of rotatable bonds is 1. The molecule has 0 aliphatic rings. The normalized spacial score (nSPS) is 9.69. The molecule has 0 fully saturated rings. The van der Waals surface area contributed by atoms with E-state index in [1.54, 1.807) is 0 Å². The predicted molar refractivity (Wildman–Crippen MR) is 45.2 cm³/mol. The number of methoxy groups -OCH3 is 1. The molecule has 6 heteroatoms. The standard InChI is InChI=1S/C7H9N3O3/c1-10-6(11)4(8)3-5(9-10)7(12)13-2/h3H,8H2,1-2H3. The summed E-state index contributed by atoms with van der Waals surface area (Å²) in [6.07, 6.45) is 0. The van der Waals surface area contributed by atoms with Crippen molar-refractivity contribution in [1.82, 2.24) is 9.78 Å². The van der Waals surface area contributed by atoms with Crippen molar-refractivity contribution >= 4 is 11.7 Å². The average molecular weight is 183 g/mol. The molecule has 13 heavy (non-hydrogen) atoms. The third-order valence-electron chi connectivity index (χ3n) is 1.49. The lowest BCUT2D eigenvalue weighted by Gasteiger charge is -2.01. The minimum absolute atomic E-state index is 0.0158. The second-order valence-electron chi connectivity index (χ2n) is 2.41. The van der Waals surface area contributed by atoms with Gasteiger partial charge in [0.15, 0.2) is 5.69 Å². The van der Waals surface area contributed by atoms with Gasteiger partial charge in [-0.05, 0) is 0 Å². The number of anilines is 1. The maximum atomic E-state index is 11.1. The SMILES string of the molecule is COC(=O)c1cc(N)c(=O)n(C)n1. The van der Waals surface area contributed by atoms with Gasteiger partial charge in [-0.1, -0.05) is 0 Å². The zero-order valence-electron chi connectivity index (χ0n) is 7.27. The Balaban J connectivity index is 3.29. The van der Waals surface area contributed by atoms with Gasteiger partial charge in [0.25, 0.3) is 5.56 Å². The summed E-state index contributed by atoms with van der Waals surface area (Å²) in [5.41, 5.74) is 4.88. The highest BCUT2D eigenvalue weighted by molar-refractivity contribution is 5.87. The molecule has 0 spiro atoms. The van der Waals surface area contributed by atoms with E-state index in [-0.39, 0.29) is 11.4 Å². The summed E-state index contributed by atoms with van der Waals surface area (Å²) in [5, 5.41) is 3.65. The van der Waals surface area contributed by atoms with E-state index in [0.29, 0.717) is 0 Å². The molecule has 6 nitrogen and oxygen atoms in total. The first-order valence-corrected chi connectivity index (χ1v) is 3.48. The third-order valence-corrected chi connectivity index (χ3v) is 1.49. The highest BCUT2D eigenvalue weighted by Gasteiger charge is 2.10. The smallest absolute Gasteiger partial charge is 0.358 e. The zero-order chi connectivity index (χ0) is 10.0. The van der Waals surface area contributed by atoms with Crippen molar-refractivity contribution in [2.45, 2.75) is 0 Å². The molecule has 0 unspecified atom stereocenters. The van der Waals surface area contributed by atoms with Crippen LogP contribution in [0.3, 0.4) is 0 Å². The summed E-state index contributed by atoms with van der Waals surface area (Å²) in [6, 6.07) is 1.19. The lowest BCUT2D eigenvalue weighted by atomic mass is 10.3. The lowest BCUT2D eigenvalue weighted by Crippen LogP contribution is -2.25. The molecule has 0 atom stereocenters. The first kappa shape index (κ1) is 9.24. The Hall–Kier alpha value is -1.85. The number of esters is 1. The number of carbonyl (C=O) groups excluding carboxylic acids is 1. The van der Waals surface area contributed by atoms with Crippen LogP contribution in [0.1, 0.15) is 10.5 Å². The summed E-state index contributed by atoms with van der Waals surface area (Å²) < 4.78 is 5.40. The summed E-state index contributed by atoms with van der Waals surface area (Å²) >= 11 is 0. The topological polar surface area (TPSA) is 87.2 Å². The van der Waals surface area contributed by atoms with E-state index in [2.05, 4.69) is 9.84 Å². The highest BCUT2D eigenvalue weighted by Crippen LogP contribution is 1.98. The van der Waals surface area contributed by atoms with E-state index in [9.17, 15) is 9.59 Å². The Kier molecular flexibility index (Phi) is 2.32. The Labute approximate surface area is 73.9 Å². The molecule has 0 aliphatic carbocycles. The van der Waals surface area contributed by atoms with Crippen molar-refractivity contribution < 1.29 is 9.53 Å². The van der Waals surface area contributed by atoms with Crippen LogP contribution in [0.2, 0.25) is 0 Å². The summed E-state index contributed by atoms with van der Waals surface area (Å²) in [4.78, 5) is 22.0. The molecule has 1 aromatic rings. The van der Waals surface area contributed by atoms with Crippen molar-refractivity contribution in [3.63, 3.8) is 0 Å². The summed E-state index contributed by atoms with van der Waals surface area (Å²) in [6.45, 7) is 0. The molecule has 0 saturated carbocycles. The quantitative estimate of drug-likeness (QED) is 0.573. The maximum Gasteiger partial charge on any atom is 0.358 e. The van der Waals surface area contributed by atoms with Gasteiger partial charge in [0.1, 0.15) is 5.69 Å². The molecule has 70 valence electrons. The van der Waals surface area contributed by atoms with Crippen molar-refractivity contribution in [3.05, 3.63) is 22.1 Å². The van der Waals surface area contributed by atoms with Crippen molar-refractivity contribution in [3.8, 4) is 0 Å². The molecule has 2 N–H and O–H groups in total. The Morgan fingerprint density at radius 1 is 1.69 bits per heavy atom. The van der Waals surface area contributed by atoms with Crippen LogP contribution in [0, 0.1) is 0 Å². The second-order valence-corrected chi connectivity index (χ2v) is 2.41. The van der Waals surface area contributed by atoms with Gasteiger partial charge in [-0.2, -0.15) is 5.10 Å². The number of nitrogen functional groups attached to an aromatic ring is 1. The van der Waals surface area contributed by atoms with Gasteiger partial charge >= 0.3 is 5.97 Å². The molecule has 0 amide bonds. The monoisotopic (exact) mass is 183 g/mol. The largest absolute Gasteiger partial charge is 0.464 e. The minimum atomic E-state index is -0.623. The first-order valence-electron chi connectivity index (χ1n) is 3.48. The number of ether oxygens (including phenoxy) is 1. The van der Waals surface area contributed by atoms with Crippen LogP contribution in [0.25, 0.3) is 0 Å². The molecule has 0 aliphatic heterocycles. The van der Waals surface area contributed by atoms with Gasteiger partial charge in [-0.3, -0.25) is 4.79 Å². The second kappa shape index (κ2) is 3.26. The van der Waals surface area contributed by atoms with Gasteiger partial charge in [0, 0.05) is 13.1 Å². The lowest BCUT2D eigenvalue weighted by molar-refractivity contribution is 0.0591. The van der Waals surface area contributed by atoms with Crippen molar-refractivity contribution in [2.24, 2.45) is 7.05 Å². The van der Waals surface area contributed by atoms with Gasteiger partial charge in [0.05, 0.1) is 7.11 Å². The summed E-state index contributed by atoms with van der Waals surface area (Å²) in [5.74, 6) is -0.623. The molecular weight excluding hydrogens is 174 g/mol. The fourth-order valence-corrected chi connectivity index (χ4v) is 0.836. The summed E-state index contributed by atoms with van der Waals surface area (Å²) in [7, 11) is 2.64. The fourth-order valence-electron chi connectivity index (χ4n) is 0.836. The molecular formula is C7H9N3O3. The number of nitrogens with zero attached hydrogens (tertiary/aromatic N) is 2. The third kappa shape index (κ3) is 1.66. The fraction of sp³-hybridized carbons (Fsp3) is 0.286. The molecule has 0 bridgehead atoms. The van der Waals surface area contributed by atoms with Crippen LogP contribution in [-0.2, 0) is 11.8 Å². The Morgan fingerprint density at radius 3 is 2.77 bits per heavy atom. The van der Waals surface area contributed by atoms with E-state index in [1.165, 1.54) is 20.2 Å². The molecule has 0 aromatic carbocycles. The van der Waals surface area contributed by atoms with Gasteiger partial charge in [-0.15, -0.1) is 0 Å². The number of aromatic nitrogens is 2. The van der Waals surface area contributed by atoms with Crippen LogP contribution in [-0.4, -0.2) is 22.9 Å². The van der Waals surface area contributed by atoms with Crippen LogP contribution < -0.4 is 11.3 Å². The Morgan fingerprint density at radius 2 is 2.31 bits per heavy atom. The number of hydrogen-bond acceptors (Lipinski definition) is 5. The number of hydrogen-bond donors (Lipinski definition) is 1. The van der Waals surface area contributed by atoms with E-state index in [4.69, 9.17) is 5.73 Å². The van der Waals surface area contributed by atoms with E-state index >= 15 is 0 Å². The van der Waals surface area contributed by atoms with Crippen LogP contribution in [0.15, 0.2) is 10.9 Å². The average Bonchev–Trinajstić information content (AvgIpc) is 2.12. The van der Waals surface area contributed by atoms with Crippen LogP contribution in [0.4, 0.5) is 5.69 Å². The van der Waals surface area contributed by atoms with E-state index in [1.807, 2.05) is 0 Å². The molecule has 0 radical (unpaired) electrons. The molecule has 1 aromatic heterocycles. The van der Waals surface area contributed by atoms with Crippen molar-refractivity contribution in [1.29, 1.82) is 0 Å². The predicted octanol–water partition coefficient (Wildman–Crippen LogP) is -0.851. The van der Waals surface area contributed by atoms with Gasteiger partial charge in [-0.25, -0.2) is 9.48 Å². The van der Waals surface area contributed by atoms with E-state index in [0.717, 1.165) is 4.68 Å². The molecule has 0 saturated heterocycles. The maximum absolute atomic E-state index is 11.1. The number of aryl methyl sites for hydroxylation is 1.